The summed E-state index contributed by atoms with van der Waals surface area (Å²) in [5.41, 5.74) is 2.00. The molecule has 0 radical (unpaired) electrons. The fraction of sp³-hybridized carbons (Fsp3) is 0.600. The van der Waals surface area contributed by atoms with Gasteiger partial charge in [-0.3, -0.25) is 9.89 Å². The molecule has 2 rings (SSSR count). The van der Waals surface area contributed by atoms with E-state index < -0.39 is 0 Å². The first kappa shape index (κ1) is 10.2. The van der Waals surface area contributed by atoms with Crippen LogP contribution in [0.4, 0.5) is 5.82 Å². The summed E-state index contributed by atoms with van der Waals surface area (Å²) in [5, 5.41) is 12.9. The number of hydrogen-bond donors (Lipinski definition) is 3. The third-order valence-electron chi connectivity index (χ3n) is 2.93. The van der Waals surface area contributed by atoms with Crippen molar-refractivity contribution in [2.24, 2.45) is 5.92 Å². The van der Waals surface area contributed by atoms with Gasteiger partial charge in [-0.1, -0.05) is 0 Å². The van der Waals surface area contributed by atoms with E-state index in [1.165, 1.54) is 0 Å². The van der Waals surface area contributed by atoms with Gasteiger partial charge in [-0.15, -0.1) is 0 Å². The van der Waals surface area contributed by atoms with Crippen LogP contribution in [-0.4, -0.2) is 29.2 Å². The highest BCUT2D eigenvalue weighted by molar-refractivity contribution is 5.92. The van der Waals surface area contributed by atoms with Crippen LogP contribution < -0.4 is 10.6 Å². The zero-order valence-corrected chi connectivity index (χ0v) is 9.05. The molecule has 5 heteroatoms. The Balaban J connectivity index is 2.02. The molecule has 0 spiro atoms. The average molecular weight is 208 g/mol. The van der Waals surface area contributed by atoms with Crippen molar-refractivity contribution in [3.63, 3.8) is 0 Å². The first-order chi connectivity index (χ1) is 7.18. The van der Waals surface area contributed by atoms with Gasteiger partial charge in [-0.2, -0.15) is 5.10 Å². The van der Waals surface area contributed by atoms with Crippen LogP contribution in [0.3, 0.4) is 0 Å². The van der Waals surface area contributed by atoms with E-state index in [1.54, 1.807) is 0 Å². The number of anilines is 1. The maximum Gasteiger partial charge on any atom is 0.230 e. The third-order valence-corrected chi connectivity index (χ3v) is 2.93. The highest BCUT2D eigenvalue weighted by atomic mass is 16.2. The summed E-state index contributed by atoms with van der Waals surface area (Å²) in [7, 11) is 0. The van der Waals surface area contributed by atoms with Gasteiger partial charge in [-0.25, -0.2) is 0 Å². The Morgan fingerprint density at radius 1 is 1.53 bits per heavy atom. The van der Waals surface area contributed by atoms with Gasteiger partial charge in [0.05, 0.1) is 5.92 Å². The summed E-state index contributed by atoms with van der Waals surface area (Å²) >= 11 is 0. The summed E-state index contributed by atoms with van der Waals surface area (Å²) in [6.07, 6.45) is 0.911. The van der Waals surface area contributed by atoms with E-state index in [-0.39, 0.29) is 11.8 Å². The Kier molecular flexibility index (Phi) is 2.73. The van der Waals surface area contributed by atoms with Crippen molar-refractivity contribution in [1.29, 1.82) is 0 Å². The smallest absolute Gasteiger partial charge is 0.230 e. The molecule has 0 bridgehead atoms. The first-order valence-electron chi connectivity index (χ1n) is 5.21. The second-order valence-corrected chi connectivity index (χ2v) is 4.00. The van der Waals surface area contributed by atoms with Gasteiger partial charge < -0.3 is 10.6 Å². The van der Waals surface area contributed by atoms with Gasteiger partial charge in [0.1, 0.15) is 0 Å². The fourth-order valence-electron chi connectivity index (χ4n) is 1.70. The van der Waals surface area contributed by atoms with Crippen molar-refractivity contribution in [3.05, 3.63) is 11.3 Å². The lowest BCUT2D eigenvalue weighted by Gasteiger charge is -2.07. The summed E-state index contributed by atoms with van der Waals surface area (Å²) < 4.78 is 0. The van der Waals surface area contributed by atoms with Crippen LogP contribution in [0.2, 0.25) is 0 Å². The van der Waals surface area contributed by atoms with Crippen molar-refractivity contribution in [3.8, 4) is 0 Å². The Morgan fingerprint density at radius 2 is 2.33 bits per heavy atom. The molecular weight excluding hydrogens is 192 g/mol. The van der Waals surface area contributed by atoms with Gasteiger partial charge >= 0.3 is 0 Å². The standard InChI is InChI=1S/C10H16N4O/c1-6-7(2)13-14-9(6)12-10(15)8-3-4-11-5-8/h8,11H,3-5H2,1-2H3,(H2,12,13,14,15). The van der Waals surface area contributed by atoms with E-state index >= 15 is 0 Å². The minimum absolute atomic E-state index is 0.0644. The van der Waals surface area contributed by atoms with Crippen molar-refractivity contribution in [2.75, 3.05) is 18.4 Å². The monoisotopic (exact) mass is 208 g/mol. The molecule has 5 nitrogen and oxygen atoms in total. The second kappa shape index (κ2) is 4.02. The van der Waals surface area contributed by atoms with Gasteiger partial charge in [0.2, 0.25) is 5.91 Å². The predicted molar refractivity (Wildman–Crippen MR) is 57.7 cm³/mol. The maximum atomic E-state index is 11.8. The number of carbonyl (C=O) groups is 1. The number of nitrogens with one attached hydrogen (secondary N) is 3. The third kappa shape index (κ3) is 2.02. The average Bonchev–Trinajstić information content (AvgIpc) is 2.83. The van der Waals surface area contributed by atoms with Crippen LogP contribution in [-0.2, 0) is 4.79 Å². The summed E-state index contributed by atoms with van der Waals surface area (Å²) in [5.74, 6) is 0.806. The van der Waals surface area contributed by atoms with E-state index in [1.807, 2.05) is 13.8 Å². The molecule has 1 unspecified atom stereocenters. The Morgan fingerprint density at radius 3 is 2.87 bits per heavy atom. The molecule has 1 fully saturated rings. The number of aryl methyl sites for hydroxylation is 1. The number of nitrogens with zero attached hydrogens (tertiary/aromatic N) is 1. The van der Waals surface area contributed by atoms with Gasteiger partial charge in [0.25, 0.3) is 0 Å². The van der Waals surface area contributed by atoms with E-state index in [9.17, 15) is 4.79 Å². The lowest BCUT2D eigenvalue weighted by molar-refractivity contribution is -0.119. The minimum Gasteiger partial charge on any atom is -0.316 e. The van der Waals surface area contributed by atoms with E-state index in [0.29, 0.717) is 5.82 Å². The molecule has 1 atom stereocenters. The van der Waals surface area contributed by atoms with Crippen LogP contribution >= 0.6 is 0 Å². The lowest BCUT2D eigenvalue weighted by Crippen LogP contribution is -2.25. The number of aromatic nitrogens is 2. The minimum atomic E-state index is 0.0644. The molecule has 1 aliphatic heterocycles. The fourth-order valence-corrected chi connectivity index (χ4v) is 1.70. The van der Waals surface area contributed by atoms with Crippen LogP contribution in [0.5, 0.6) is 0 Å². The molecule has 1 aliphatic rings. The van der Waals surface area contributed by atoms with E-state index in [0.717, 1.165) is 30.8 Å². The largest absolute Gasteiger partial charge is 0.316 e. The van der Waals surface area contributed by atoms with Crippen LogP contribution in [0.25, 0.3) is 0 Å². The Hall–Kier alpha value is -1.36. The second-order valence-electron chi connectivity index (χ2n) is 4.00. The van der Waals surface area contributed by atoms with E-state index in [2.05, 4.69) is 20.8 Å². The number of amides is 1. The van der Waals surface area contributed by atoms with E-state index in [4.69, 9.17) is 0 Å². The van der Waals surface area contributed by atoms with Crippen molar-refractivity contribution >= 4 is 11.7 Å². The molecule has 0 aliphatic carbocycles. The molecule has 1 aromatic heterocycles. The highest BCUT2D eigenvalue weighted by Crippen LogP contribution is 2.16. The SMILES string of the molecule is Cc1[nH]nc(NC(=O)C2CCNC2)c1C. The molecular formula is C10H16N4O. The molecule has 1 aromatic rings. The number of hydrogen-bond acceptors (Lipinski definition) is 3. The number of aromatic amines is 1. The molecule has 82 valence electrons. The summed E-state index contributed by atoms with van der Waals surface area (Å²) in [4.78, 5) is 11.8. The first-order valence-corrected chi connectivity index (χ1v) is 5.21. The van der Waals surface area contributed by atoms with Crippen molar-refractivity contribution < 1.29 is 4.79 Å². The maximum absolute atomic E-state index is 11.8. The van der Waals surface area contributed by atoms with Gasteiger partial charge in [0, 0.05) is 17.8 Å². The summed E-state index contributed by atoms with van der Waals surface area (Å²) in [6.45, 7) is 5.58. The molecule has 2 heterocycles. The highest BCUT2D eigenvalue weighted by Gasteiger charge is 2.23. The quantitative estimate of drug-likeness (QED) is 0.665. The summed E-state index contributed by atoms with van der Waals surface area (Å²) in [6, 6.07) is 0. The number of carbonyl (C=O) groups excluding carboxylic acids is 1. The Labute approximate surface area is 88.6 Å². The van der Waals surface area contributed by atoms with Crippen LogP contribution in [0.15, 0.2) is 0 Å². The topological polar surface area (TPSA) is 69.8 Å². The number of rotatable bonds is 2. The molecule has 3 N–H and O–H groups in total. The molecule has 0 saturated carbocycles. The normalized spacial score (nSPS) is 20.5. The van der Waals surface area contributed by atoms with Gasteiger partial charge in [-0.05, 0) is 26.8 Å². The molecule has 0 aromatic carbocycles. The van der Waals surface area contributed by atoms with Crippen LogP contribution in [0, 0.1) is 19.8 Å². The molecule has 15 heavy (non-hydrogen) atoms. The predicted octanol–water partition coefficient (Wildman–Crippen LogP) is 0.575. The zero-order valence-electron chi connectivity index (χ0n) is 9.05. The molecule has 1 saturated heterocycles. The number of H-pyrrole nitrogens is 1. The Bertz CT molecular complexity index is 365. The lowest BCUT2D eigenvalue weighted by atomic mass is 10.1. The van der Waals surface area contributed by atoms with Crippen molar-refractivity contribution in [2.45, 2.75) is 20.3 Å². The van der Waals surface area contributed by atoms with Crippen LogP contribution in [0.1, 0.15) is 17.7 Å². The van der Waals surface area contributed by atoms with Gasteiger partial charge in [0.15, 0.2) is 5.82 Å². The molecule has 1 amide bonds. The zero-order chi connectivity index (χ0) is 10.8. The van der Waals surface area contributed by atoms with Crippen molar-refractivity contribution in [1.82, 2.24) is 15.5 Å².